The normalized spacial score (nSPS) is 13.0. The van der Waals surface area contributed by atoms with Crippen LogP contribution in [0.25, 0.3) is 0 Å². The second kappa shape index (κ2) is 16.1. The van der Waals surface area contributed by atoms with E-state index in [1.54, 1.807) is 0 Å². The number of carbonyl (C=O) groups is 6. The van der Waals surface area contributed by atoms with Crippen molar-refractivity contribution >= 4 is 35.7 Å². The summed E-state index contributed by atoms with van der Waals surface area (Å²) in [7, 11) is 0. The Morgan fingerprint density at radius 2 is 1.62 bits per heavy atom. The summed E-state index contributed by atoms with van der Waals surface area (Å²) in [5, 5.41) is 31.6. The number of aliphatic carboxylic acids is 2. The number of carbonyl (C=O) groups excluding carboxylic acids is 4. The minimum absolute atomic E-state index is 0.0552. The van der Waals surface area contributed by atoms with E-state index >= 15 is 0 Å². The molecular formula is C20H31N3O11. The van der Waals surface area contributed by atoms with Crippen LogP contribution in [0.1, 0.15) is 39.0 Å². The molecule has 0 aromatic rings. The fourth-order valence-electron chi connectivity index (χ4n) is 2.29. The summed E-state index contributed by atoms with van der Waals surface area (Å²) in [5.74, 6) is -5.51. The molecule has 0 saturated heterocycles. The van der Waals surface area contributed by atoms with E-state index in [0.717, 1.165) is 0 Å². The summed E-state index contributed by atoms with van der Waals surface area (Å²) in [4.78, 5) is 68.7. The van der Waals surface area contributed by atoms with Crippen molar-refractivity contribution in [2.45, 2.75) is 57.2 Å². The van der Waals surface area contributed by atoms with Crippen molar-refractivity contribution in [1.29, 1.82) is 0 Å². The molecule has 192 valence electrons. The summed E-state index contributed by atoms with van der Waals surface area (Å²) in [6.07, 6.45) is -1.91. The van der Waals surface area contributed by atoms with Gasteiger partial charge in [-0.1, -0.05) is 6.58 Å². The Morgan fingerprint density at radius 3 is 2.18 bits per heavy atom. The molecular weight excluding hydrogens is 458 g/mol. The van der Waals surface area contributed by atoms with Gasteiger partial charge in [-0.25, -0.2) is 4.79 Å². The van der Waals surface area contributed by atoms with Gasteiger partial charge in [0.25, 0.3) is 0 Å². The highest BCUT2D eigenvalue weighted by Crippen LogP contribution is 2.06. The molecule has 3 unspecified atom stereocenters. The molecule has 0 aliphatic rings. The maximum atomic E-state index is 12.2. The highest BCUT2D eigenvalue weighted by Gasteiger charge is 2.23. The first kappa shape index (κ1) is 30.5. The van der Waals surface area contributed by atoms with Crippen molar-refractivity contribution < 1.29 is 53.6 Å². The standard InChI is InChI=1S/C20H31N3O11/c1-11(2)20(32)34-10-12(24)9-33-17(28)5-3-4-14(18(29)22-8-16(26)27)23-15(25)7-6-13(21)19(30)31/h12-14,24H,1,3-10,21H2,2H3,(H,22,29)(H,23,25)(H,26,27)(H,30,31). The lowest BCUT2D eigenvalue weighted by Crippen LogP contribution is -2.48. The number of esters is 2. The first-order chi connectivity index (χ1) is 15.8. The van der Waals surface area contributed by atoms with Crippen molar-refractivity contribution in [2.75, 3.05) is 19.8 Å². The van der Waals surface area contributed by atoms with Crippen molar-refractivity contribution in [1.82, 2.24) is 10.6 Å². The predicted molar refractivity (Wildman–Crippen MR) is 114 cm³/mol. The molecule has 0 saturated carbocycles. The number of aliphatic hydroxyl groups is 1. The number of carboxylic acid groups (broad SMARTS) is 2. The van der Waals surface area contributed by atoms with Gasteiger partial charge in [0, 0.05) is 18.4 Å². The van der Waals surface area contributed by atoms with Crippen LogP contribution in [0, 0.1) is 0 Å². The van der Waals surface area contributed by atoms with Gasteiger partial charge in [-0.15, -0.1) is 0 Å². The van der Waals surface area contributed by atoms with E-state index in [1.165, 1.54) is 6.92 Å². The van der Waals surface area contributed by atoms with E-state index in [4.69, 9.17) is 25.4 Å². The number of ether oxygens (including phenoxy) is 2. The minimum Gasteiger partial charge on any atom is -0.480 e. The Kier molecular flexibility index (Phi) is 14.5. The van der Waals surface area contributed by atoms with E-state index in [0.29, 0.717) is 0 Å². The van der Waals surface area contributed by atoms with Crippen LogP contribution < -0.4 is 16.4 Å². The molecule has 14 heteroatoms. The smallest absolute Gasteiger partial charge is 0.333 e. The Bertz CT molecular complexity index is 769. The highest BCUT2D eigenvalue weighted by atomic mass is 16.6. The summed E-state index contributed by atoms with van der Waals surface area (Å²) in [6.45, 7) is 3.27. The summed E-state index contributed by atoms with van der Waals surface area (Å²) in [6, 6.07) is -2.45. The Labute approximate surface area is 195 Å². The molecule has 0 bridgehead atoms. The van der Waals surface area contributed by atoms with Crippen LogP contribution in [-0.2, 0) is 38.2 Å². The van der Waals surface area contributed by atoms with Crippen molar-refractivity contribution in [3.8, 4) is 0 Å². The molecule has 0 aromatic carbocycles. The first-order valence-electron chi connectivity index (χ1n) is 10.3. The third kappa shape index (κ3) is 14.5. The second-order valence-electron chi connectivity index (χ2n) is 7.32. The summed E-state index contributed by atoms with van der Waals surface area (Å²) < 4.78 is 9.56. The molecule has 0 radical (unpaired) electrons. The maximum Gasteiger partial charge on any atom is 0.333 e. The Hall–Kier alpha value is -3.52. The number of nitrogens with two attached hydrogens (primary N) is 1. The van der Waals surface area contributed by atoms with Crippen molar-refractivity contribution in [3.05, 3.63) is 12.2 Å². The molecule has 0 spiro atoms. The van der Waals surface area contributed by atoms with Crippen LogP contribution in [-0.4, -0.2) is 89.0 Å². The molecule has 2 amide bonds. The van der Waals surface area contributed by atoms with Gasteiger partial charge in [0.1, 0.15) is 37.9 Å². The number of rotatable bonds is 17. The lowest BCUT2D eigenvalue weighted by molar-refractivity contribution is -0.150. The van der Waals surface area contributed by atoms with Crippen LogP contribution in [0.3, 0.4) is 0 Å². The third-order valence-electron chi connectivity index (χ3n) is 4.13. The third-order valence-corrected chi connectivity index (χ3v) is 4.13. The van der Waals surface area contributed by atoms with E-state index in [-0.39, 0.29) is 37.7 Å². The quantitative estimate of drug-likeness (QED) is 0.0967. The number of hydrogen-bond donors (Lipinski definition) is 6. The molecule has 0 heterocycles. The number of carboxylic acids is 2. The fraction of sp³-hybridized carbons (Fsp3) is 0.600. The minimum atomic E-state index is -1.30. The largest absolute Gasteiger partial charge is 0.480 e. The van der Waals surface area contributed by atoms with E-state index < -0.39 is 73.6 Å². The SMILES string of the molecule is C=C(C)C(=O)OCC(O)COC(=O)CCCC(NC(=O)CCC(N)C(=O)O)C(=O)NCC(=O)O. The molecule has 3 atom stereocenters. The monoisotopic (exact) mass is 489 g/mol. The zero-order valence-corrected chi connectivity index (χ0v) is 18.8. The molecule has 0 aliphatic heterocycles. The number of hydrogen-bond acceptors (Lipinski definition) is 10. The first-order valence-corrected chi connectivity index (χ1v) is 10.3. The van der Waals surface area contributed by atoms with Crippen LogP contribution in [0.5, 0.6) is 0 Å². The molecule has 0 aromatic heterocycles. The lowest BCUT2D eigenvalue weighted by Gasteiger charge is -2.18. The van der Waals surface area contributed by atoms with Gasteiger partial charge in [-0.05, 0) is 26.2 Å². The van der Waals surface area contributed by atoms with Gasteiger partial charge in [-0.3, -0.25) is 24.0 Å². The van der Waals surface area contributed by atoms with Gasteiger partial charge >= 0.3 is 23.9 Å². The molecule has 0 rings (SSSR count). The predicted octanol–water partition coefficient (Wildman–Crippen LogP) is -1.94. The number of nitrogens with one attached hydrogen (secondary N) is 2. The van der Waals surface area contributed by atoms with Gasteiger partial charge in [-0.2, -0.15) is 0 Å². The van der Waals surface area contributed by atoms with Crippen molar-refractivity contribution in [3.63, 3.8) is 0 Å². The van der Waals surface area contributed by atoms with E-state index in [9.17, 15) is 33.9 Å². The van der Waals surface area contributed by atoms with E-state index in [1.807, 2.05) is 0 Å². The number of amides is 2. The fourth-order valence-corrected chi connectivity index (χ4v) is 2.29. The summed E-state index contributed by atoms with van der Waals surface area (Å²) >= 11 is 0. The lowest BCUT2D eigenvalue weighted by atomic mass is 10.1. The zero-order chi connectivity index (χ0) is 26.3. The van der Waals surface area contributed by atoms with Crippen LogP contribution in [0.15, 0.2) is 12.2 Å². The summed E-state index contributed by atoms with van der Waals surface area (Å²) in [5.41, 5.74) is 5.47. The molecule has 7 N–H and O–H groups in total. The number of aliphatic hydroxyl groups excluding tert-OH is 1. The molecule has 0 fully saturated rings. The average molecular weight is 489 g/mol. The molecule has 14 nitrogen and oxygen atoms in total. The maximum absolute atomic E-state index is 12.2. The van der Waals surface area contributed by atoms with Gasteiger partial charge < -0.3 is 41.2 Å². The molecule has 34 heavy (non-hydrogen) atoms. The Morgan fingerprint density at radius 1 is 1.00 bits per heavy atom. The highest BCUT2D eigenvalue weighted by molar-refractivity contribution is 5.89. The zero-order valence-electron chi connectivity index (χ0n) is 18.8. The van der Waals surface area contributed by atoms with Gasteiger partial charge in [0.15, 0.2) is 0 Å². The van der Waals surface area contributed by atoms with Gasteiger partial charge in [0.2, 0.25) is 11.8 Å². The average Bonchev–Trinajstić information content (AvgIpc) is 2.76. The van der Waals surface area contributed by atoms with Crippen molar-refractivity contribution in [2.24, 2.45) is 5.73 Å². The van der Waals surface area contributed by atoms with Crippen LogP contribution in [0.4, 0.5) is 0 Å². The second-order valence-corrected chi connectivity index (χ2v) is 7.32. The van der Waals surface area contributed by atoms with Gasteiger partial charge in [0.05, 0.1) is 0 Å². The topological polar surface area (TPSA) is 232 Å². The Balaban J connectivity index is 4.59. The van der Waals surface area contributed by atoms with E-state index in [2.05, 4.69) is 17.2 Å². The van der Waals surface area contributed by atoms with Crippen LogP contribution >= 0.6 is 0 Å². The molecule has 0 aliphatic carbocycles. The van der Waals surface area contributed by atoms with Crippen LogP contribution in [0.2, 0.25) is 0 Å².